The molecule has 0 saturated heterocycles. The van der Waals surface area contributed by atoms with Crippen LogP contribution in [0.5, 0.6) is 0 Å². The minimum atomic E-state index is 0.866. The van der Waals surface area contributed by atoms with Gasteiger partial charge in [0, 0.05) is 0 Å². The van der Waals surface area contributed by atoms with Crippen molar-refractivity contribution >= 4 is 24.0 Å². The highest BCUT2D eigenvalue weighted by atomic mass is 32.1. The molecule has 0 radical (unpaired) electrons. The van der Waals surface area contributed by atoms with E-state index in [-0.39, 0.29) is 0 Å². The second-order valence-electron chi connectivity index (χ2n) is 3.68. The van der Waals surface area contributed by atoms with E-state index in [0.29, 0.717) is 0 Å². The number of nitrogens with zero attached hydrogens (tertiary/aromatic N) is 2. The number of azo groups is 1. The molecule has 0 atom stereocenters. The molecule has 0 N–H and O–H groups in total. The van der Waals surface area contributed by atoms with Crippen molar-refractivity contribution in [3.8, 4) is 0 Å². The van der Waals surface area contributed by atoms with Gasteiger partial charge in [0.2, 0.25) is 0 Å². The number of hydrogen-bond acceptors (Lipinski definition) is 3. The summed E-state index contributed by atoms with van der Waals surface area (Å²) in [6, 6.07) is 17.8. The van der Waals surface area contributed by atoms with Crippen molar-refractivity contribution in [2.45, 2.75) is 6.42 Å². The average Bonchev–Trinajstić information content (AvgIpc) is 2.40. The van der Waals surface area contributed by atoms with Gasteiger partial charge in [-0.2, -0.15) is 22.9 Å². The average molecular weight is 242 g/mol. The largest absolute Gasteiger partial charge is 0.179 e. The molecular formula is C14H14N2S. The SMILES string of the molecule is SCCc1ccc(N=Nc2ccccc2)cc1. The van der Waals surface area contributed by atoms with Crippen LogP contribution < -0.4 is 0 Å². The summed E-state index contributed by atoms with van der Waals surface area (Å²) < 4.78 is 0. The molecule has 0 aromatic heterocycles. The second kappa shape index (κ2) is 6.21. The van der Waals surface area contributed by atoms with Crippen molar-refractivity contribution in [2.24, 2.45) is 10.2 Å². The minimum Gasteiger partial charge on any atom is -0.179 e. The summed E-state index contributed by atoms with van der Waals surface area (Å²) in [5, 5.41) is 8.35. The van der Waals surface area contributed by atoms with Crippen LogP contribution in [0.15, 0.2) is 64.8 Å². The Labute approximate surface area is 107 Å². The lowest BCUT2D eigenvalue weighted by atomic mass is 10.1. The van der Waals surface area contributed by atoms with E-state index in [1.54, 1.807) is 0 Å². The van der Waals surface area contributed by atoms with Gasteiger partial charge in [0.15, 0.2) is 0 Å². The Morgan fingerprint density at radius 2 is 1.35 bits per heavy atom. The predicted octanol–water partition coefficient (Wildman–Crippen LogP) is 4.57. The fourth-order valence-electron chi connectivity index (χ4n) is 1.47. The molecule has 2 nitrogen and oxygen atoms in total. The Bertz CT molecular complexity index is 477. The van der Waals surface area contributed by atoms with Gasteiger partial charge in [0.1, 0.15) is 0 Å². The van der Waals surface area contributed by atoms with Crippen molar-refractivity contribution in [1.29, 1.82) is 0 Å². The Kier molecular flexibility index (Phi) is 4.33. The van der Waals surface area contributed by atoms with Gasteiger partial charge in [-0.15, -0.1) is 0 Å². The van der Waals surface area contributed by atoms with Crippen LogP contribution in [0.2, 0.25) is 0 Å². The second-order valence-corrected chi connectivity index (χ2v) is 4.12. The first-order valence-corrected chi connectivity index (χ1v) is 6.18. The maximum Gasteiger partial charge on any atom is 0.0857 e. The Hall–Kier alpha value is -1.61. The van der Waals surface area contributed by atoms with Crippen LogP contribution in [0.1, 0.15) is 5.56 Å². The number of benzene rings is 2. The zero-order chi connectivity index (χ0) is 11.9. The highest BCUT2D eigenvalue weighted by molar-refractivity contribution is 7.80. The number of thiol groups is 1. The summed E-state index contributed by atoms with van der Waals surface area (Å²) in [4.78, 5) is 0. The lowest BCUT2D eigenvalue weighted by Crippen LogP contribution is -1.83. The molecule has 2 aromatic carbocycles. The standard InChI is InChI=1S/C14H14N2S/c17-11-10-12-6-8-14(9-7-12)16-15-13-4-2-1-3-5-13/h1-9,17H,10-11H2. The van der Waals surface area contributed by atoms with E-state index in [2.05, 4.69) is 35.0 Å². The van der Waals surface area contributed by atoms with Crippen LogP contribution in [-0.4, -0.2) is 5.75 Å². The summed E-state index contributed by atoms with van der Waals surface area (Å²) in [6.45, 7) is 0. The van der Waals surface area contributed by atoms with Gasteiger partial charge in [0.25, 0.3) is 0 Å². The summed E-state index contributed by atoms with van der Waals surface area (Å²) in [6.07, 6.45) is 0.985. The van der Waals surface area contributed by atoms with Crippen molar-refractivity contribution in [2.75, 3.05) is 5.75 Å². The molecule has 86 valence electrons. The van der Waals surface area contributed by atoms with E-state index in [9.17, 15) is 0 Å². The molecule has 17 heavy (non-hydrogen) atoms. The van der Waals surface area contributed by atoms with E-state index in [0.717, 1.165) is 23.5 Å². The topological polar surface area (TPSA) is 24.7 Å². The molecule has 3 heteroatoms. The molecule has 2 rings (SSSR count). The van der Waals surface area contributed by atoms with E-state index in [1.807, 2.05) is 42.5 Å². The first-order valence-electron chi connectivity index (χ1n) is 5.55. The smallest absolute Gasteiger partial charge is 0.0857 e. The highest BCUT2D eigenvalue weighted by Crippen LogP contribution is 2.18. The summed E-state index contributed by atoms with van der Waals surface area (Å²) >= 11 is 4.20. The van der Waals surface area contributed by atoms with Crippen molar-refractivity contribution in [3.05, 3.63) is 60.2 Å². The molecule has 0 saturated carbocycles. The Morgan fingerprint density at radius 1 is 0.765 bits per heavy atom. The van der Waals surface area contributed by atoms with Crippen LogP contribution in [0, 0.1) is 0 Å². The number of rotatable bonds is 4. The van der Waals surface area contributed by atoms with Gasteiger partial charge in [-0.1, -0.05) is 30.3 Å². The predicted molar refractivity (Wildman–Crippen MR) is 74.6 cm³/mol. The summed E-state index contributed by atoms with van der Waals surface area (Å²) in [7, 11) is 0. The molecule has 0 unspecified atom stereocenters. The fourth-order valence-corrected chi connectivity index (χ4v) is 1.73. The molecule has 0 aliphatic carbocycles. The van der Waals surface area contributed by atoms with Crippen molar-refractivity contribution in [1.82, 2.24) is 0 Å². The van der Waals surface area contributed by atoms with Gasteiger partial charge in [-0.25, -0.2) is 0 Å². The quantitative estimate of drug-likeness (QED) is 0.600. The van der Waals surface area contributed by atoms with E-state index in [4.69, 9.17) is 0 Å². The molecule has 0 amide bonds. The van der Waals surface area contributed by atoms with Crippen LogP contribution in [0.3, 0.4) is 0 Å². The normalized spacial score (nSPS) is 10.9. The molecule has 2 aromatic rings. The molecule has 0 spiro atoms. The van der Waals surface area contributed by atoms with Crippen molar-refractivity contribution in [3.63, 3.8) is 0 Å². The highest BCUT2D eigenvalue weighted by Gasteiger charge is 1.92. The van der Waals surface area contributed by atoms with Gasteiger partial charge < -0.3 is 0 Å². The van der Waals surface area contributed by atoms with Crippen LogP contribution >= 0.6 is 12.6 Å². The number of aryl methyl sites for hydroxylation is 1. The van der Waals surface area contributed by atoms with E-state index < -0.39 is 0 Å². The molecular weight excluding hydrogens is 228 g/mol. The van der Waals surface area contributed by atoms with E-state index in [1.165, 1.54) is 5.56 Å². The molecule has 0 bridgehead atoms. The van der Waals surface area contributed by atoms with Gasteiger partial charge >= 0.3 is 0 Å². The maximum absolute atomic E-state index is 4.20. The molecule has 0 fully saturated rings. The van der Waals surface area contributed by atoms with Gasteiger partial charge in [0.05, 0.1) is 11.4 Å². The van der Waals surface area contributed by atoms with Crippen LogP contribution in [-0.2, 0) is 6.42 Å². The lowest BCUT2D eigenvalue weighted by Gasteiger charge is -1.98. The van der Waals surface area contributed by atoms with Crippen molar-refractivity contribution < 1.29 is 0 Å². The molecule has 0 aliphatic heterocycles. The van der Waals surface area contributed by atoms with Gasteiger partial charge in [-0.3, -0.25) is 0 Å². The Morgan fingerprint density at radius 3 is 1.94 bits per heavy atom. The third kappa shape index (κ3) is 3.71. The van der Waals surface area contributed by atoms with Gasteiger partial charge in [-0.05, 0) is 42.0 Å². The zero-order valence-corrected chi connectivity index (χ0v) is 10.3. The monoisotopic (exact) mass is 242 g/mol. The fraction of sp³-hybridized carbons (Fsp3) is 0.143. The summed E-state index contributed by atoms with van der Waals surface area (Å²) in [5.41, 5.74) is 3.02. The Balaban J connectivity index is 2.06. The third-order valence-corrected chi connectivity index (χ3v) is 2.60. The maximum atomic E-state index is 4.20. The lowest BCUT2D eigenvalue weighted by molar-refractivity contribution is 1.15. The van der Waals surface area contributed by atoms with Crippen LogP contribution in [0.25, 0.3) is 0 Å². The molecule has 0 aliphatic rings. The van der Waals surface area contributed by atoms with Crippen LogP contribution in [0.4, 0.5) is 11.4 Å². The first kappa shape index (κ1) is 11.9. The number of hydrogen-bond donors (Lipinski definition) is 1. The third-order valence-electron chi connectivity index (χ3n) is 2.37. The zero-order valence-electron chi connectivity index (χ0n) is 9.45. The molecule has 0 heterocycles. The first-order chi connectivity index (χ1) is 8.38. The summed E-state index contributed by atoms with van der Waals surface area (Å²) in [5.74, 6) is 0.866. The minimum absolute atomic E-state index is 0.866. The van der Waals surface area contributed by atoms with E-state index >= 15 is 0 Å².